The van der Waals surface area contributed by atoms with Gasteiger partial charge >= 0.3 is 0 Å². The Morgan fingerprint density at radius 3 is 1.28 bits per heavy atom. The zero-order chi connectivity index (χ0) is 60.2. The second-order valence-electron chi connectivity index (χ2n) is 21.4. The minimum atomic E-state index is -1.80. The second kappa shape index (κ2) is 52.2. The van der Waals surface area contributed by atoms with Gasteiger partial charge in [-0.3, -0.25) is 4.79 Å². The molecule has 0 aliphatic carbocycles. The molecule has 2 fully saturated rings. The van der Waals surface area contributed by atoms with Crippen molar-refractivity contribution in [2.75, 3.05) is 19.8 Å². The topological polar surface area (TPSA) is 228 Å². The molecule has 14 nitrogen and oxygen atoms in total. The van der Waals surface area contributed by atoms with E-state index in [9.17, 15) is 45.6 Å². The molecule has 0 aromatic rings. The van der Waals surface area contributed by atoms with Gasteiger partial charge in [0.2, 0.25) is 5.91 Å². The summed E-state index contributed by atoms with van der Waals surface area (Å²) in [6, 6.07) is -0.947. The molecule has 14 heteroatoms. The molecule has 2 aliphatic rings. The average molecular weight is 1160 g/mol. The van der Waals surface area contributed by atoms with E-state index >= 15 is 0 Å². The van der Waals surface area contributed by atoms with Crippen LogP contribution < -0.4 is 5.32 Å². The van der Waals surface area contributed by atoms with Crippen molar-refractivity contribution in [3.05, 3.63) is 146 Å². The first-order valence-electron chi connectivity index (χ1n) is 31.6. The van der Waals surface area contributed by atoms with Crippen molar-refractivity contribution in [3.63, 3.8) is 0 Å². The Labute approximate surface area is 500 Å². The molecule has 0 aromatic heterocycles. The maximum absolute atomic E-state index is 13.2. The maximum atomic E-state index is 13.2. The lowest BCUT2D eigenvalue weighted by Gasteiger charge is -2.46. The van der Waals surface area contributed by atoms with Crippen molar-refractivity contribution >= 4 is 5.91 Å². The Kier molecular flexibility index (Phi) is 47.2. The lowest BCUT2D eigenvalue weighted by Crippen LogP contribution is -2.65. The Bertz CT molecular complexity index is 1950. The van der Waals surface area contributed by atoms with Crippen molar-refractivity contribution in [2.45, 2.75) is 261 Å². The first-order valence-corrected chi connectivity index (χ1v) is 31.6. The molecule has 470 valence electrons. The highest BCUT2D eigenvalue weighted by atomic mass is 16.7. The van der Waals surface area contributed by atoms with Gasteiger partial charge in [-0.1, -0.05) is 217 Å². The molecule has 2 rings (SSSR count). The third-order valence-electron chi connectivity index (χ3n) is 14.2. The molecule has 83 heavy (non-hydrogen) atoms. The van der Waals surface area contributed by atoms with E-state index in [1.54, 1.807) is 6.08 Å². The quantitative estimate of drug-likeness (QED) is 0.0204. The Morgan fingerprint density at radius 1 is 0.434 bits per heavy atom. The Morgan fingerprint density at radius 2 is 0.807 bits per heavy atom. The molecule has 0 spiro atoms. The molecule has 0 aromatic carbocycles. The molecule has 2 aliphatic heterocycles. The number of amides is 1. The number of nitrogens with one attached hydrogen (secondary N) is 1. The lowest BCUT2D eigenvalue weighted by atomic mass is 9.97. The van der Waals surface area contributed by atoms with E-state index in [4.69, 9.17) is 18.9 Å². The second-order valence-corrected chi connectivity index (χ2v) is 21.4. The van der Waals surface area contributed by atoms with E-state index in [1.807, 2.05) is 6.08 Å². The maximum Gasteiger partial charge on any atom is 0.220 e. The summed E-state index contributed by atoms with van der Waals surface area (Å²) in [6.07, 6.45) is 62.1. The van der Waals surface area contributed by atoms with Crippen LogP contribution in [0.2, 0.25) is 0 Å². The van der Waals surface area contributed by atoms with Crippen molar-refractivity contribution < 1.29 is 64.6 Å². The molecule has 1 amide bonds. The molecule has 2 heterocycles. The number of carbonyl (C=O) groups is 1. The van der Waals surface area contributed by atoms with Gasteiger partial charge in [0.15, 0.2) is 12.6 Å². The van der Waals surface area contributed by atoms with Crippen LogP contribution in [0.15, 0.2) is 146 Å². The minimum Gasteiger partial charge on any atom is -0.394 e. The largest absolute Gasteiger partial charge is 0.394 e. The van der Waals surface area contributed by atoms with Crippen LogP contribution >= 0.6 is 0 Å². The summed E-state index contributed by atoms with van der Waals surface area (Å²) in [4.78, 5) is 13.2. The number of hydrogen-bond acceptors (Lipinski definition) is 13. The third kappa shape index (κ3) is 37.1. The van der Waals surface area contributed by atoms with Gasteiger partial charge in [-0.05, 0) is 109 Å². The number of aliphatic hydroxyl groups excluding tert-OH is 8. The van der Waals surface area contributed by atoms with Crippen LogP contribution in [0.5, 0.6) is 0 Å². The summed E-state index contributed by atoms with van der Waals surface area (Å²) in [6.45, 7) is 2.49. The molecule has 9 N–H and O–H groups in total. The number of hydrogen-bond donors (Lipinski definition) is 9. The van der Waals surface area contributed by atoms with Crippen LogP contribution in [0.25, 0.3) is 0 Å². The molecule has 0 saturated carbocycles. The van der Waals surface area contributed by atoms with Crippen LogP contribution in [-0.2, 0) is 23.7 Å². The first-order chi connectivity index (χ1) is 40.6. The van der Waals surface area contributed by atoms with E-state index in [2.05, 4.69) is 153 Å². The van der Waals surface area contributed by atoms with Gasteiger partial charge in [0.1, 0.15) is 48.8 Å². The summed E-state index contributed by atoms with van der Waals surface area (Å²) in [5, 5.41) is 86.8. The Balaban J connectivity index is 1.60. The van der Waals surface area contributed by atoms with Gasteiger partial charge in [-0.25, -0.2) is 0 Å². The minimum absolute atomic E-state index is 0.256. The van der Waals surface area contributed by atoms with Gasteiger partial charge in [0.05, 0.1) is 32.0 Å². The molecule has 0 bridgehead atoms. The van der Waals surface area contributed by atoms with Gasteiger partial charge < -0.3 is 65.1 Å². The smallest absolute Gasteiger partial charge is 0.220 e. The zero-order valence-corrected chi connectivity index (χ0v) is 50.6. The lowest BCUT2D eigenvalue weighted by molar-refractivity contribution is -0.359. The Hall–Kier alpha value is -4.13. The highest BCUT2D eigenvalue weighted by Crippen LogP contribution is 2.30. The number of unbranched alkanes of at least 4 members (excludes halogenated alkanes) is 13. The summed E-state index contributed by atoms with van der Waals surface area (Å²) in [5.74, 6) is -0.267. The van der Waals surface area contributed by atoms with Crippen molar-refractivity contribution in [1.82, 2.24) is 5.32 Å². The number of rotatable bonds is 48. The molecular weight excluding hydrogens is 1050 g/mol. The summed E-state index contributed by atoms with van der Waals surface area (Å²) < 4.78 is 22.7. The van der Waals surface area contributed by atoms with Gasteiger partial charge in [-0.15, -0.1) is 0 Å². The highest BCUT2D eigenvalue weighted by Gasteiger charge is 2.51. The summed E-state index contributed by atoms with van der Waals surface area (Å²) in [5.41, 5.74) is 0. The van der Waals surface area contributed by atoms with Crippen LogP contribution in [0.1, 0.15) is 187 Å². The molecule has 2 saturated heterocycles. The average Bonchev–Trinajstić information content (AvgIpc) is 3.47. The van der Waals surface area contributed by atoms with Crippen molar-refractivity contribution in [3.8, 4) is 0 Å². The molecule has 12 atom stereocenters. The number of ether oxygens (including phenoxy) is 4. The van der Waals surface area contributed by atoms with Crippen LogP contribution in [0, 0.1) is 0 Å². The van der Waals surface area contributed by atoms with Gasteiger partial charge in [0.25, 0.3) is 0 Å². The predicted octanol–water partition coefficient (Wildman–Crippen LogP) is 11.7. The van der Waals surface area contributed by atoms with Gasteiger partial charge in [-0.2, -0.15) is 0 Å². The van der Waals surface area contributed by atoms with E-state index in [-0.39, 0.29) is 18.9 Å². The van der Waals surface area contributed by atoms with Gasteiger partial charge in [0, 0.05) is 6.42 Å². The molecular formula is C69H111NO13. The van der Waals surface area contributed by atoms with Crippen LogP contribution in [0.3, 0.4) is 0 Å². The fourth-order valence-corrected chi connectivity index (χ4v) is 9.26. The molecule has 0 radical (unpaired) electrons. The normalized spacial score (nSPS) is 24.8. The fourth-order valence-electron chi connectivity index (χ4n) is 9.26. The number of carbonyl (C=O) groups excluding carboxylic acids is 1. The summed E-state index contributed by atoms with van der Waals surface area (Å²) in [7, 11) is 0. The van der Waals surface area contributed by atoms with E-state index < -0.39 is 86.8 Å². The number of aliphatic hydroxyl groups is 8. The van der Waals surface area contributed by atoms with Crippen LogP contribution in [-0.4, -0.2) is 140 Å². The van der Waals surface area contributed by atoms with E-state index in [0.29, 0.717) is 12.8 Å². The van der Waals surface area contributed by atoms with Crippen molar-refractivity contribution in [1.29, 1.82) is 0 Å². The monoisotopic (exact) mass is 1160 g/mol. The highest BCUT2D eigenvalue weighted by molar-refractivity contribution is 5.76. The van der Waals surface area contributed by atoms with Crippen molar-refractivity contribution in [2.24, 2.45) is 0 Å². The first kappa shape index (κ1) is 75.0. The standard InChI is InChI=1S/C69H111NO13/c1-3-5-7-9-11-13-15-16-17-18-19-20-21-22-23-24-25-26-27-28-29-30-31-32-33-34-35-36-37-38-39-40-41-42-43-45-47-49-51-53-61(74)70-57(58(73)52-50-48-46-44-14-12-10-8-6-4-2)56-80-68-66(79)64(77)67(60(55-72)82-68)83-69-65(78)63(76)62(75)59(54-71)81-69/h5-8,11,13-14,16-17,19-20,22-23,25-26,28-29,31-32,34-35,44,50,52,57-60,62-69,71-73,75-79H,3-4,9-10,12,15,18,21,24,27,30,33,36-43,45-49,51,53-56H2,1-2H3,(H,70,74)/b7-5-,8-6+,13-11-,17-16-,20-19-,23-22-,26-25-,29-28-,32-31-,35-34-,44-14+,52-50+. The zero-order valence-electron chi connectivity index (χ0n) is 50.6. The third-order valence-corrected chi connectivity index (χ3v) is 14.2. The fraction of sp³-hybridized carbons (Fsp3) is 0.638. The van der Waals surface area contributed by atoms with Crippen LogP contribution in [0.4, 0.5) is 0 Å². The predicted molar refractivity (Wildman–Crippen MR) is 336 cm³/mol. The SMILES string of the molecule is CC/C=C\C/C=C\C/C=C\C/C=C\C/C=C\C/C=C\C/C=C\C/C=C\C/C=C\CCCCCCCCCCCCCC(=O)NC(COC1OC(CO)C(OC2OC(CO)C(O)C(O)C2O)C(O)C1O)C(O)/C=C/CC/C=C/CC/C=C/CC. The summed E-state index contributed by atoms with van der Waals surface area (Å²) >= 11 is 0. The molecule has 12 unspecified atom stereocenters. The number of allylic oxidation sites excluding steroid dienone is 23. The van der Waals surface area contributed by atoms with E-state index in [1.165, 1.54) is 44.9 Å². The van der Waals surface area contributed by atoms with E-state index in [0.717, 1.165) is 109 Å².